The van der Waals surface area contributed by atoms with Crippen LogP contribution >= 0.6 is 0 Å². The van der Waals surface area contributed by atoms with Crippen LogP contribution in [-0.2, 0) is 38.1 Å². The topological polar surface area (TPSA) is 156 Å². The first-order chi connectivity index (χ1) is 13.5. The maximum absolute atomic E-state index is 13.6. The van der Waals surface area contributed by atoms with Gasteiger partial charge in [0.1, 0.15) is 0 Å². The zero-order valence-electron chi connectivity index (χ0n) is 16.0. The second kappa shape index (κ2) is 13.1. The number of hydrogen-bond donors (Lipinski definition) is 2. The summed E-state index contributed by atoms with van der Waals surface area (Å²) in [7, 11) is 0.843. The van der Waals surface area contributed by atoms with Crippen molar-refractivity contribution >= 4 is 30.1 Å². The smallest absolute Gasteiger partial charge is 0.411 e. The molecule has 0 radical (unpaired) electrons. The molecular formula is C15H22F2N2O10. The molecule has 0 rings (SSSR count). The standard InChI is InChI=1S/C15H22F2N2O10/c1-9(20)26-7-28-13(23)18-6-4-5-15(11(16)17,12(22)25-3)19-14(24)29-8-27-10(2)21/h11H,4-8H2,1-3H3,(H,18,23)(H,19,24). The highest BCUT2D eigenvalue weighted by Crippen LogP contribution is 2.24. The predicted octanol–water partition coefficient (Wildman–Crippen LogP) is 0.437. The fourth-order valence-corrected chi connectivity index (χ4v) is 1.81. The second-order valence-corrected chi connectivity index (χ2v) is 5.29. The van der Waals surface area contributed by atoms with Crippen LogP contribution in [0.5, 0.6) is 0 Å². The van der Waals surface area contributed by atoms with Crippen LogP contribution in [0.2, 0.25) is 0 Å². The molecule has 1 unspecified atom stereocenters. The summed E-state index contributed by atoms with van der Waals surface area (Å²) in [5, 5.41) is 3.88. The van der Waals surface area contributed by atoms with Gasteiger partial charge in [-0.2, -0.15) is 0 Å². The van der Waals surface area contributed by atoms with Crippen LogP contribution in [0.15, 0.2) is 0 Å². The molecule has 0 aliphatic heterocycles. The number of esters is 3. The highest BCUT2D eigenvalue weighted by atomic mass is 19.3. The Bertz CT molecular complexity index is 602. The molecule has 2 N–H and O–H groups in total. The number of nitrogens with one attached hydrogen (secondary N) is 2. The molecule has 2 amide bonds. The van der Waals surface area contributed by atoms with E-state index in [4.69, 9.17) is 0 Å². The lowest BCUT2D eigenvalue weighted by Gasteiger charge is -2.30. The fourth-order valence-electron chi connectivity index (χ4n) is 1.81. The van der Waals surface area contributed by atoms with Gasteiger partial charge in [-0.1, -0.05) is 0 Å². The Balaban J connectivity index is 4.78. The summed E-state index contributed by atoms with van der Waals surface area (Å²) in [6.45, 7) is 0.414. The molecule has 14 heteroatoms. The predicted molar refractivity (Wildman–Crippen MR) is 87.4 cm³/mol. The molecule has 12 nitrogen and oxygen atoms in total. The Morgan fingerprint density at radius 2 is 1.41 bits per heavy atom. The van der Waals surface area contributed by atoms with E-state index in [0.29, 0.717) is 0 Å². The average molecular weight is 428 g/mol. The number of halogens is 2. The van der Waals surface area contributed by atoms with Crippen molar-refractivity contribution < 1.29 is 56.4 Å². The van der Waals surface area contributed by atoms with Gasteiger partial charge in [0.25, 0.3) is 6.43 Å². The lowest BCUT2D eigenvalue weighted by atomic mass is 9.93. The number of ether oxygens (including phenoxy) is 5. The minimum absolute atomic E-state index is 0.216. The summed E-state index contributed by atoms with van der Waals surface area (Å²) in [5.74, 6) is -2.91. The van der Waals surface area contributed by atoms with Crippen LogP contribution in [0.3, 0.4) is 0 Å². The van der Waals surface area contributed by atoms with Crippen LogP contribution < -0.4 is 10.6 Å². The molecule has 1 atom stereocenters. The van der Waals surface area contributed by atoms with E-state index >= 15 is 0 Å². The van der Waals surface area contributed by atoms with E-state index in [9.17, 15) is 32.8 Å². The van der Waals surface area contributed by atoms with Crippen molar-refractivity contribution in [3.63, 3.8) is 0 Å². The second-order valence-electron chi connectivity index (χ2n) is 5.29. The van der Waals surface area contributed by atoms with Crippen LogP contribution in [0.25, 0.3) is 0 Å². The molecule has 0 saturated heterocycles. The van der Waals surface area contributed by atoms with Gasteiger partial charge in [-0.15, -0.1) is 0 Å². The first-order valence-electron chi connectivity index (χ1n) is 8.04. The normalized spacial score (nSPS) is 12.2. The minimum Gasteiger partial charge on any atom is -0.467 e. The molecule has 0 heterocycles. The summed E-state index contributed by atoms with van der Waals surface area (Å²) >= 11 is 0. The van der Waals surface area contributed by atoms with E-state index in [2.05, 4.69) is 29.0 Å². The maximum Gasteiger partial charge on any atom is 0.411 e. The Kier molecular flexibility index (Phi) is 11.6. The number of hydrogen-bond acceptors (Lipinski definition) is 10. The SMILES string of the molecule is COC(=O)C(CCCNC(=O)OCOC(C)=O)(NC(=O)OCOC(C)=O)C(F)F. The van der Waals surface area contributed by atoms with Crippen molar-refractivity contribution in [1.29, 1.82) is 0 Å². The van der Waals surface area contributed by atoms with Gasteiger partial charge in [0.05, 0.1) is 7.11 Å². The van der Waals surface area contributed by atoms with Gasteiger partial charge >= 0.3 is 30.1 Å². The van der Waals surface area contributed by atoms with Gasteiger partial charge in [0.2, 0.25) is 19.1 Å². The van der Waals surface area contributed by atoms with Gasteiger partial charge in [0.15, 0.2) is 0 Å². The molecule has 29 heavy (non-hydrogen) atoms. The molecule has 166 valence electrons. The summed E-state index contributed by atoms with van der Waals surface area (Å²) in [5.41, 5.74) is -2.77. The maximum atomic E-state index is 13.6. The Hall–Kier alpha value is -3.19. The van der Waals surface area contributed by atoms with Crippen molar-refractivity contribution in [1.82, 2.24) is 10.6 Å². The van der Waals surface area contributed by atoms with Crippen molar-refractivity contribution in [3.05, 3.63) is 0 Å². The molecule has 0 aromatic heterocycles. The lowest BCUT2D eigenvalue weighted by molar-refractivity contribution is -0.158. The van der Waals surface area contributed by atoms with Crippen molar-refractivity contribution in [2.24, 2.45) is 0 Å². The van der Waals surface area contributed by atoms with Gasteiger partial charge in [0, 0.05) is 20.4 Å². The van der Waals surface area contributed by atoms with Gasteiger partial charge in [-0.3, -0.25) is 9.59 Å². The van der Waals surface area contributed by atoms with Gasteiger partial charge in [-0.05, 0) is 12.8 Å². The van der Waals surface area contributed by atoms with E-state index in [-0.39, 0.29) is 13.0 Å². The third kappa shape index (κ3) is 10.1. The third-order valence-corrected chi connectivity index (χ3v) is 3.17. The monoisotopic (exact) mass is 428 g/mol. The van der Waals surface area contributed by atoms with Crippen LogP contribution in [-0.4, -0.2) is 69.3 Å². The van der Waals surface area contributed by atoms with Crippen LogP contribution in [0, 0.1) is 0 Å². The third-order valence-electron chi connectivity index (χ3n) is 3.17. The molecule has 0 saturated carbocycles. The van der Waals surface area contributed by atoms with E-state index in [0.717, 1.165) is 21.0 Å². The average Bonchev–Trinajstić information content (AvgIpc) is 2.62. The summed E-state index contributed by atoms with van der Waals surface area (Å²) < 4.78 is 49.1. The minimum atomic E-state index is -3.40. The Morgan fingerprint density at radius 3 is 1.86 bits per heavy atom. The van der Waals surface area contributed by atoms with Gasteiger partial charge < -0.3 is 34.3 Å². The first-order valence-corrected chi connectivity index (χ1v) is 8.04. The Morgan fingerprint density at radius 1 is 0.897 bits per heavy atom. The van der Waals surface area contributed by atoms with Gasteiger partial charge in [-0.25, -0.2) is 23.2 Å². The molecule has 0 aliphatic carbocycles. The number of alkyl halides is 2. The molecule has 0 bridgehead atoms. The number of carbonyl (C=O) groups excluding carboxylic acids is 5. The molecule has 0 aromatic carbocycles. The number of rotatable bonds is 11. The van der Waals surface area contributed by atoms with E-state index in [1.54, 1.807) is 5.32 Å². The molecular weight excluding hydrogens is 406 g/mol. The fraction of sp³-hybridized carbons (Fsp3) is 0.667. The summed E-state index contributed by atoms with van der Waals surface area (Å²) in [6.07, 6.45) is -6.71. The van der Waals surface area contributed by atoms with Crippen molar-refractivity contribution in [2.45, 2.75) is 38.7 Å². The number of amides is 2. The molecule has 0 aliphatic rings. The highest BCUT2D eigenvalue weighted by molar-refractivity contribution is 5.86. The number of methoxy groups -OCH3 is 1. The lowest BCUT2D eigenvalue weighted by Crippen LogP contribution is -2.60. The zero-order chi connectivity index (χ0) is 22.4. The van der Waals surface area contributed by atoms with Crippen LogP contribution in [0.1, 0.15) is 26.7 Å². The molecule has 0 spiro atoms. The zero-order valence-corrected chi connectivity index (χ0v) is 16.0. The summed E-state index contributed by atoms with van der Waals surface area (Å²) in [4.78, 5) is 56.0. The van der Waals surface area contributed by atoms with Crippen molar-refractivity contribution in [2.75, 3.05) is 27.2 Å². The van der Waals surface area contributed by atoms with E-state index in [1.165, 1.54) is 0 Å². The highest BCUT2D eigenvalue weighted by Gasteiger charge is 2.50. The van der Waals surface area contributed by atoms with Crippen LogP contribution in [0.4, 0.5) is 18.4 Å². The largest absolute Gasteiger partial charge is 0.467 e. The Labute approximate surface area is 164 Å². The molecule has 0 aromatic rings. The number of carbonyl (C=O) groups is 5. The van der Waals surface area contributed by atoms with E-state index < -0.39 is 62.1 Å². The molecule has 0 fully saturated rings. The first kappa shape index (κ1) is 25.8. The summed E-state index contributed by atoms with van der Waals surface area (Å²) in [6, 6.07) is 0. The number of alkyl carbamates (subject to hydrolysis) is 2. The van der Waals surface area contributed by atoms with E-state index in [1.807, 2.05) is 0 Å². The van der Waals surface area contributed by atoms with Crippen molar-refractivity contribution in [3.8, 4) is 0 Å². The quantitative estimate of drug-likeness (QED) is 0.205.